The minimum atomic E-state index is -1.14. The van der Waals surface area contributed by atoms with Crippen LogP contribution in [0, 0.1) is 0 Å². The van der Waals surface area contributed by atoms with Crippen molar-refractivity contribution in [3.8, 4) is 0 Å². The number of aliphatic hydroxyl groups is 2. The summed E-state index contributed by atoms with van der Waals surface area (Å²) in [4.78, 5) is 0. The molecule has 0 aliphatic rings. The van der Waals surface area contributed by atoms with Crippen molar-refractivity contribution in [1.29, 1.82) is 0 Å². The van der Waals surface area contributed by atoms with Gasteiger partial charge in [-0.15, -0.1) is 0 Å². The first-order chi connectivity index (χ1) is 6.80. The van der Waals surface area contributed by atoms with Gasteiger partial charge in [-0.25, -0.2) is 0 Å². The molecule has 0 fully saturated rings. The van der Waals surface area contributed by atoms with Gasteiger partial charge in [0.15, 0.2) is 0 Å². The molecule has 0 atom stereocenters. The van der Waals surface area contributed by atoms with Gasteiger partial charge >= 0.3 is 96.7 Å². The average Bonchev–Trinajstić information content (AvgIpc) is 2.22. The Morgan fingerprint density at radius 1 is 0.733 bits per heavy atom. The summed E-state index contributed by atoms with van der Waals surface area (Å²) in [6.45, 7) is 13.0. The molecule has 0 saturated heterocycles. The molecule has 0 aromatic carbocycles. The first-order valence-corrected chi connectivity index (χ1v) is 12.6. The monoisotopic (exact) mass is 258 g/mol. The van der Waals surface area contributed by atoms with E-state index in [0.29, 0.717) is 12.7 Å². The van der Waals surface area contributed by atoms with E-state index in [0.717, 1.165) is 0 Å². The predicted molar refractivity (Wildman–Crippen MR) is 80.2 cm³/mol. The van der Waals surface area contributed by atoms with Gasteiger partial charge in [0.2, 0.25) is 0 Å². The fourth-order valence-electron chi connectivity index (χ4n) is 1.09. The topological polar surface area (TPSA) is 40.5 Å². The summed E-state index contributed by atoms with van der Waals surface area (Å²) < 4.78 is 0. The molecular formula is C11H32O2P2. The number of hydrogen-bond donors (Lipinski definition) is 2. The summed E-state index contributed by atoms with van der Waals surface area (Å²) in [6, 6.07) is 0. The maximum atomic E-state index is 9.04. The van der Waals surface area contributed by atoms with Crippen LogP contribution in [0.2, 0.25) is 0 Å². The molecule has 15 heavy (non-hydrogen) atoms. The fourth-order valence-corrected chi connectivity index (χ4v) is 3.26. The summed E-state index contributed by atoms with van der Waals surface area (Å²) >= 11 is 0. The van der Waals surface area contributed by atoms with Crippen molar-refractivity contribution >= 4 is 14.5 Å². The van der Waals surface area contributed by atoms with Gasteiger partial charge in [0, 0.05) is 0 Å². The van der Waals surface area contributed by atoms with E-state index < -0.39 is 14.5 Å². The van der Waals surface area contributed by atoms with Gasteiger partial charge in [-0.05, 0) is 0 Å². The van der Waals surface area contributed by atoms with E-state index in [1.165, 1.54) is 18.5 Å². The van der Waals surface area contributed by atoms with Crippen molar-refractivity contribution in [1.82, 2.24) is 0 Å². The second-order valence-corrected chi connectivity index (χ2v) is 16.3. The third-order valence-electron chi connectivity index (χ3n) is 3.06. The molecule has 0 aliphatic carbocycles. The van der Waals surface area contributed by atoms with Crippen LogP contribution in [0.1, 0.15) is 20.8 Å². The molecule has 0 bridgehead atoms. The van der Waals surface area contributed by atoms with Gasteiger partial charge in [-0.3, -0.25) is 0 Å². The van der Waals surface area contributed by atoms with Gasteiger partial charge in [0.05, 0.1) is 0 Å². The molecule has 4 heteroatoms. The molecule has 0 aromatic heterocycles. The molecule has 98 valence electrons. The van der Waals surface area contributed by atoms with E-state index >= 15 is 0 Å². The Balaban J connectivity index is 0. The first-order valence-electron chi connectivity index (χ1n) is 6.02. The Morgan fingerprint density at radius 3 is 1.00 bits per heavy atom. The van der Waals surface area contributed by atoms with Crippen molar-refractivity contribution in [2.75, 3.05) is 51.2 Å². The van der Waals surface area contributed by atoms with Gasteiger partial charge in [-0.2, -0.15) is 0 Å². The van der Waals surface area contributed by atoms with E-state index in [1.54, 1.807) is 0 Å². The number of aliphatic hydroxyl groups excluding tert-OH is 2. The van der Waals surface area contributed by atoms with E-state index in [9.17, 15) is 0 Å². The minimum absolute atomic E-state index is 0.410. The van der Waals surface area contributed by atoms with Gasteiger partial charge < -0.3 is 0 Å². The van der Waals surface area contributed by atoms with Crippen molar-refractivity contribution in [2.24, 2.45) is 0 Å². The van der Waals surface area contributed by atoms with Crippen LogP contribution in [-0.4, -0.2) is 61.4 Å². The zero-order valence-electron chi connectivity index (χ0n) is 11.4. The van der Waals surface area contributed by atoms with Gasteiger partial charge in [-0.1, -0.05) is 0 Å². The van der Waals surface area contributed by atoms with E-state index in [4.69, 9.17) is 10.2 Å². The molecule has 0 aromatic rings. The summed E-state index contributed by atoms with van der Waals surface area (Å²) in [5.74, 6) is 0. The van der Waals surface area contributed by atoms with Crippen LogP contribution in [0.5, 0.6) is 0 Å². The molecule has 0 heterocycles. The number of rotatable bonds is 5. The molecule has 0 radical (unpaired) electrons. The Hall–Kier alpha value is 0.780. The molecular weight excluding hydrogens is 226 g/mol. The van der Waals surface area contributed by atoms with Crippen LogP contribution < -0.4 is 0 Å². The van der Waals surface area contributed by atoms with Crippen LogP contribution in [-0.2, 0) is 0 Å². The molecule has 0 spiro atoms. The summed E-state index contributed by atoms with van der Waals surface area (Å²) in [7, 11) is -2.21. The van der Waals surface area contributed by atoms with Crippen LogP contribution in [0.25, 0.3) is 0 Å². The molecule has 2 N–H and O–H groups in total. The van der Waals surface area contributed by atoms with Crippen LogP contribution in [0.15, 0.2) is 0 Å². The van der Waals surface area contributed by atoms with Gasteiger partial charge in [0.1, 0.15) is 0 Å². The molecule has 0 saturated carbocycles. The fraction of sp³-hybridized carbons (Fsp3) is 1.00. The Bertz CT molecular complexity index is 123. The Morgan fingerprint density at radius 2 is 1.00 bits per heavy atom. The van der Waals surface area contributed by atoms with E-state index in [2.05, 4.69) is 40.8 Å². The van der Waals surface area contributed by atoms with Crippen molar-refractivity contribution < 1.29 is 10.2 Å². The van der Waals surface area contributed by atoms with Crippen molar-refractivity contribution in [3.05, 3.63) is 0 Å². The maximum absolute atomic E-state index is 9.04. The molecule has 0 rings (SSSR count). The molecule has 2 nitrogen and oxygen atoms in total. The summed E-state index contributed by atoms with van der Waals surface area (Å²) in [5.41, 5.74) is 0. The summed E-state index contributed by atoms with van der Waals surface area (Å²) in [6.07, 6.45) is 4.59. The van der Waals surface area contributed by atoms with Crippen LogP contribution in [0.3, 0.4) is 0 Å². The van der Waals surface area contributed by atoms with Crippen molar-refractivity contribution in [3.63, 3.8) is 0 Å². The SMILES string of the molecule is CC[PH](CC)(CC)CO.C[PH](C)(C)CO. The third kappa shape index (κ3) is 9.69. The molecule has 0 amide bonds. The standard InChI is InChI=1S/C7H19OP.C4H13OP/c1-4-9(5-2,6-3)7-8;1-6(2,3)4-5/h8-9H,4-7H2,1-3H3;5-6H,4H2,1-3H3. The molecule has 0 aliphatic heterocycles. The zero-order valence-corrected chi connectivity index (χ0v) is 13.4. The third-order valence-corrected chi connectivity index (χ3v) is 9.18. The van der Waals surface area contributed by atoms with Crippen LogP contribution in [0.4, 0.5) is 0 Å². The second-order valence-electron chi connectivity index (χ2n) is 5.44. The Labute approximate surface area is 97.2 Å². The first kappa shape index (κ1) is 18.2. The van der Waals surface area contributed by atoms with Crippen LogP contribution >= 0.6 is 14.5 Å². The molecule has 0 unspecified atom stereocenters. The van der Waals surface area contributed by atoms with E-state index in [1.807, 2.05) is 0 Å². The Kier molecular flexibility index (Phi) is 10.7. The zero-order chi connectivity index (χ0) is 12.5. The number of hydrogen-bond acceptors (Lipinski definition) is 2. The quantitative estimate of drug-likeness (QED) is 0.743. The average molecular weight is 258 g/mol. The van der Waals surface area contributed by atoms with Crippen molar-refractivity contribution in [2.45, 2.75) is 20.8 Å². The predicted octanol–water partition coefficient (Wildman–Crippen LogP) is 2.32. The van der Waals surface area contributed by atoms with Gasteiger partial charge in [0.25, 0.3) is 0 Å². The summed E-state index contributed by atoms with van der Waals surface area (Å²) in [5, 5.41) is 17.5. The van der Waals surface area contributed by atoms with E-state index in [-0.39, 0.29) is 0 Å². The second kappa shape index (κ2) is 8.88. The normalized spacial score (nSPS) is 14.1.